The van der Waals surface area contributed by atoms with Crippen molar-refractivity contribution in [1.82, 2.24) is 5.32 Å². The minimum Gasteiger partial charge on any atom is -0.468 e. The van der Waals surface area contributed by atoms with Gasteiger partial charge in [-0.3, -0.25) is 0 Å². The minimum absolute atomic E-state index is 0.0815. The molecule has 0 saturated heterocycles. The number of aliphatic hydroxyl groups is 1. The lowest BCUT2D eigenvalue weighted by Crippen LogP contribution is -2.30. The molecular weight excluding hydrogens is 290 g/mol. The summed E-state index contributed by atoms with van der Waals surface area (Å²) >= 11 is 5.85. The fourth-order valence-electron chi connectivity index (χ4n) is 1.92. The standard InChI is InChI=1S/C16H20ClNO3/c1-12(13-4-6-14(17)7-5-13)21-11-15(19)9-18-10-16-3-2-8-20-16/h2-8,12,15,18-19H,9-11H2,1H3/t12-,15-/m0/s1. The van der Waals surface area contributed by atoms with E-state index in [2.05, 4.69) is 5.32 Å². The van der Waals surface area contributed by atoms with E-state index >= 15 is 0 Å². The average Bonchev–Trinajstić information content (AvgIpc) is 2.99. The third-order valence-corrected chi connectivity index (χ3v) is 3.39. The molecule has 0 saturated carbocycles. The van der Waals surface area contributed by atoms with E-state index in [1.807, 2.05) is 43.3 Å². The highest BCUT2D eigenvalue weighted by Gasteiger charge is 2.10. The summed E-state index contributed by atoms with van der Waals surface area (Å²) in [4.78, 5) is 0. The van der Waals surface area contributed by atoms with Crippen LogP contribution in [0.4, 0.5) is 0 Å². The van der Waals surface area contributed by atoms with Gasteiger partial charge < -0.3 is 19.6 Å². The fourth-order valence-corrected chi connectivity index (χ4v) is 2.05. The minimum atomic E-state index is -0.560. The lowest BCUT2D eigenvalue weighted by molar-refractivity contribution is -0.00223. The van der Waals surface area contributed by atoms with E-state index in [0.717, 1.165) is 11.3 Å². The maximum Gasteiger partial charge on any atom is 0.117 e. The Hall–Kier alpha value is -1.33. The Balaban J connectivity index is 1.66. The van der Waals surface area contributed by atoms with Crippen molar-refractivity contribution in [2.45, 2.75) is 25.7 Å². The first-order chi connectivity index (χ1) is 10.1. The summed E-state index contributed by atoms with van der Waals surface area (Å²) in [7, 11) is 0. The zero-order chi connectivity index (χ0) is 15.1. The number of hydrogen-bond acceptors (Lipinski definition) is 4. The van der Waals surface area contributed by atoms with Gasteiger partial charge in [-0.05, 0) is 36.8 Å². The van der Waals surface area contributed by atoms with Gasteiger partial charge in [-0.1, -0.05) is 23.7 Å². The van der Waals surface area contributed by atoms with Crippen LogP contribution in [0.15, 0.2) is 47.1 Å². The van der Waals surface area contributed by atoms with Gasteiger partial charge in [0.1, 0.15) is 5.76 Å². The van der Waals surface area contributed by atoms with Crippen molar-refractivity contribution in [3.05, 3.63) is 59.0 Å². The summed E-state index contributed by atoms with van der Waals surface area (Å²) in [5.74, 6) is 0.845. The Kier molecular flexibility index (Phi) is 6.26. The summed E-state index contributed by atoms with van der Waals surface area (Å²) in [5.41, 5.74) is 1.04. The molecule has 2 rings (SSSR count). The smallest absolute Gasteiger partial charge is 0.117 e. The Morgan fingerprint density at radius 3 is 2.71 bits per heavy atom. The second-order valence-corrected chi connectivity index (χ2v) is 5.33. The van der Waals surface area contributed by atoms with Crippen LogP contribution >= 0.6 is 11.6 Å². The lowest BCUT2D eigenvalue weighted by atomic mass is 10.1. The molecule has 21 heavy (non-hydrogen) atoms. The summed E-state index contributed by atoms with van der Waals surface area (Å²) in [5, 5.41) is 13.7. The zero-order valence-corrected chi connectivity index (χ0v) is 12.7. The van der Waals surface area contributed by atoms with Gasteiger partial charge in [-0.2, -0.15) is 0 Å². The molecule has 1 heterocycles. The quantitative estimate of drug-likeness (QED) is 0.786. The maximum atomic E-state index is 9.88. The Morgan fingerprint density at radius 2 is 2.05 bits per heavy atom. The first-order valence-corrected chi connectivity index (χ1v) is 7.31. The Morgan fingerprint density at radius 1 is 1.29 bits per heavy atom. The van der Waals surface area contributed by atoms with Crippen molar-refractivity contribution in [2.75, 3.05) is 13.2 Å². The van der Waals surface area contributed by atoms with E-state index < -0.39 is 6.10 Å². The van der Waals surface area contributed by atoms with Crippen LogP contribution in [0.5, 0.6) is 0 Å². The van der Waals surface area contributed by atoms with Gasteiger partial charge in [0.05, 0.1) is 31.6 Å². The maximum absolute atomic E-state index is 9.88. The van der Waals surface area contributed by atoms with Crippen molar-refractivity contribution in [2.24, 2.45) is 0 Å². The molecule has 1 aromatic heterocycles. The second kappa shape index (κ2) is 8.20. The molecule has 0 radical (unpaired) electrons. The summed E-state index contributed by atoms with van der Waals surface area (Å²) in [6.45, 7) is 3.27. The molecule has 0 aliphatic rings. The number of rotatable bonds is 8. The number of benzene rings is 1. The molecule has 2 N–H and O–H groups in total. The largest absolute Gasteiger partial charge is 0.468 e. The topological polar surface area (TPSA) is 54.6 Å². The predicted molar refractivity (Wildman–Crippen MR) is 82.2 cm³/mol. The molecule has 5 heteroatoms. The molecule has 0 amide bonds. The molecule has 4 nitrogen and oxygen atoms in total. The number of hydrogen-bond donors (Lipinski definition) is 2. The predicted octanol–water partition coefficient (Wildman–Crippen LogP) is 3.16. The highest BCUT2D eigenvalue weighted by atomic mass is 35.5. The Labute approximate surface area is 129 Å². The highest BCUT2D eigenvalue weighted by Crippen LogP contribution is 2.19. The molecule has 0 bridgehead atoms. The van der Waals surface area contributed by atoms with Gasteiger partial charge in [0.15, 0.2) is 0 Å². The van der Waals surface area contributed by atoms with E-state index in [1.54, 1.807) is 6.26 Å². The van der Waals surface area contributed by atoms with Gasteiger partial charge in [-0.25, -0.2) is 0 Å². The molecule has 1 aromatic carbocycles. The van der Waals surface area contributed by atoms with E-state index in [0.29, 0.717) is 18.1 Å². The third kappa shape index (κ3) is 5.52. The van der Waals surface area contributed by atoms with Gasteiger partial charge in [0, 0.05) is 11.6 Å². The van der Waals surface area contributed by atoms with Crippen LogP contribution in [0.3, 0.4) is 0 Å². The molecule has 0 spiro atoms. The number of aliphatic hydroxyl groups excluding tert-OH is 1. The van der Waals surface area contributed by atoms with Crippen LogP contribution in [-0.4, -0.2) is 24.4 Å². The first-order valence-electron chi connectivity index (χ1n) is 6.93. The molecule has 0 fully saturated rings. The number of furan rings is 1. The van der Waals surface area contributed by atoms with Crippen molar-refractivity contribution in [1.29, 1.82) is 0 Å². The van der Waals surface area contributed by atoms with Gasteiger partial charge in [0.2, 0.25) is 0 Å². The summed E-state index contributed by atoms with van der Waals surface area (Å²) < 4.78 is 10.9. The molecule has 114 valence electrons. The third-order valence-electron chi connectivity index (χ3n) is 3.14. The van der Waals surface area contributed by atoms with Crippen molar-refractivity contribution in [3.8, 4) is 0 Å². The first kappa shape index (κ1) is 16.0. The normalized spacial score (nSPS) is 14.0. The monoisotopic (exact) mass is 309 g/mol. The molecular formula is C16H20ClNO3. The van der Waals surface area contributed by atoms with Crippen LogP contribution in [0.2, 0.25) is 5.02 Å². The number of nitrogens with one attached hydrogen (secondary N) is 1. The second-order valence-electron chi connectivity index (χ2n) is 4.89. The van der Waals surface area contributed by atoms with E-state index in [4.69, 9.17) is 20.8 Å². The molecule has 0 unspecified atom stereocenters. The van der Waals surface area contributed by atoms with Crippen LogP contribution < -0.4 is 5.32 Å². The van der Waals surface area contributed by atoms with Crippen LogP contribution in [0.25, 0.3) is 0 Å². The van der Waals surface area contributed by atoms with Gasteiger partial charge in [0.25, 0.3) is 0 Å². The van der Waals surface area contributed by atoms with Crippen LogP contribution in [-0.2, 0) is 11.3 Å². The molecule has 2 atom stereocenters. The summed E-state index contributed by atoms with van der Waals surface area (Å²) in [6, 6.07) is 11.2. The van der Waals surface area contributed by atoms with Crippen molar-refractivity contribution in [3.63, 3.8) is 0 Å². The highest BCUT2D eigenvalue weighted by molar-refractivity contribution is 6.30. The molecule has 0 aliphatic carbocycles. The van der Waals surface area contributed by atoms with E-state index in [1.165, 1.54) is 0 Å². The fraction of sp³-hybridized carbons (Fsp3) is 0.375. The number of ether oxygens (including phenoxy) is 1. The van der Waals surface area contributed by atoms with E-state index in [9.17, 15) is 5.11 Å². The molecule has 2 aromatic rings. The lowest BCUT2D eigenvalue weighted by Gasteiger charge is -2.17. The zero-order valence-electron chi connectivity index (χ0n) is 12.0. The average molecular weight is 310 g/mol. The SMILES string of the molecule is C[C@H](OC[C@@H](O)CNCc1ccco1)c1ccc(Cl)cc1. The van der Waals surface area contributed by atoms with Crippen molar-refractivity contribution >= 4 is 11.6 Å². The van der Waals surface area contributed by atoms with Crippen LogP contribution in [0.1, 0.15) is 24.4 Å². The van der Waals surface area contributed by atoms with Gasteiger partial charge in [-0.15, -0.1) is 0 Å². The van der Waals surface area contributed by atoms with E-state index in [-0.39, 0.29) is 12.7 Å². The van der Waals surface area contributed by atoms with Crippen LogP contribution in [0, 0.1) is 0 Å². The Bertz CT molecular complexity index is 513. The number of halogens is 1. The summed E-state index contributed by atoms with van der Waals surface area (Å²) in [6.07, 6.45) is 0.987. The van der Waals surface area contributed by atoms with Gasteiger partial charge >= 0.3 is 0 Å². The molecule has 0 aliphatic heterocycles. The van der Waals surface area contributed by atoms with Crippen molar-refractivity contribution < 1.29 is 14.3 Å².